The maximum absolute atomic E-state index is 6.19. The molecule has 2 heterocycles. The van der Waals surface area contributed by atoms with Crippen molar-refractivity contribution in [1.29, 1.82) is 0 Å². The van der Waals surface area contributed by atoms with Crippen LogP contribution in [-0.2, 0) is 24.3 Å². The fourth-order valence-corrected chi connectivity index (χ4v) is 3.17. The lowest BCUT2D eigenvalue weighted by molar-refractivity contribution is 0.0143. The summed E-state index contributed by atoms with van der Waals surface area (Å²) in [7, 11) is 0. The summed E-state index contributed by atoms with van der Waals surface area (Å²) < 4.78 is 8.27. The van der Waals surface area contributed by atoms with E-state index in [1.165, 1.54) is 32.1 Å². The summed E-state index contributed by atoms with van der Waals surface area (Å²) in [5.74, 6) is 2.10. The Bertz CT molecular complexity index is 418. The van der Waals surface area contributed by atoms with Crippen LogP contribution < -0.4 is 5.73 Å². The molecule has 5 nitrogen and oxygen atoms in total. The van der Waals surface area contributed by atoms with Crippen LogP contribution in [0.3, 0.4) is 0 Å². The third-order valence-corrected chi connectivity index (χ3v) is 4.37. The lowest BCUT2D eigenvalue weighted by Gasteiger charge is -2.22. The van der Waals surface area contributed by atoms with E-state index in [1.54, 1.807) is 0 Å². The largest absolute Gasteiger partial charge is 0.369 e. The molecule has 106 valence electrons. The molecule has 2 unspecified atom stereocenters. The number of hydrogen-bond acceptors (Lipinski definition) is 4. The van der Waals surface area contributed by atoms with Gasteiger partial charge in [-0.1, -0.05) is 19.3 Å². The van der Waals surface area contributed by atoms with Crippen molar-refractivity contribution in [1.82, 2.24) is 14.8 Å². The minimum Gasteiger partial charge on any atom is -0.369 e. The molecule has 2 aliphatic rings. The number of ether oxygens (including phenoxy) is 1. The van der Waals surface area contributed by atoms with E-state index in [0.29, 0.717) is 6.61 Å². The highest BCUT2D eigenvalue weighted by Gasteiger charge is 2.22. The smallest absolute Gasteiger partial charge is 0.159 e. The fraction of sp³-hybridized carbons (Fsp3) is 0.857. The van der Waals surface area contributed by atoms with E-state index in [1.807, 2.05) is 0 Å². The second kappa shape index (κ2) is 6.01. The zero-order valence-corrected chi connectivity index (χ0v) is 11.6. The van der Waals surface area contributed by atoms with Crippen LogP contribution in [0.5, 0.6) is 0 Å². The first kappa shape index (κ1) is 13.1. The Balaban J connectivity index is 1.60. The second-order valence-corrected chi connectivity index (χ2v) is 5.79. The van der Waals surface area contributed by atoms with Crippen LogP contribution in [-0.4, -0.2) is 26.9 Å². The maximum atomic E-state index is 6.19. The van der Waals surface area contributed by atoms with Gasteiger partial charge in [-0.3, -0.25) is 0 Å². The first-order chi connectivity index (χ1) is 9.34. The Morgan fingerprint density at radius 2 is 2.00 bits per heavy atom. The number of nitrogens with two attached hydrogens (primary N) is 1. The molecule has 3 rings (SSSR count). The van der Waals surface area contributed by atoms with Crippen molar-refractivity contribution in [3.63, 3.8) is 0 Å². The summed E-state index contributed by atoms with van der Waals surface area (Å²) in [6, 6.07) is 0.186. The zero-order valence-electron chi connectivity index (χ0n) is 11.6. The van der Waals surface area contributed by atoms with E-state index in [0.717, 1.165) is 37.5 Å². The molecule has 1 aromatic rings. The Kier molecular flexibility index (Phi) is 4.13. The van der Waals surface area contributed by atoms with Crippen LogP contribution in [0.15, 0.2) is 0 Å². The van der Waals surface area contributed by atoms with Gasteiger partial charge in [0.25, 0.3) is 0 Å². The summed E-state index contributed by atoms with van der Waals surface area (Å²) in [4.78, 5) is 0. The highest BCUT2D eigenvalue weighted by atomic mass is 16.5. The predicted molar refractivity (Wildman–Crippen MR) is 72.6 cm³/mol. The minimum absolute atomic E-state index is 0.186. The van der Waals surface area contributed by atoms with Crippen molar-refractivity contribution >= 4 is 0 Å². The fourth-order valence-electron chi connectivity index (χ4n) is 3.17. The molecular formula is C14H24N4O. The number of rotatable bonds is 3. The monoisotopic (exact) mass is 264 g/mol. The summed E-state index contributed by atoms with van der Waals surface area (Å²) in [5, 5.41) is 8.54. The van der Waals surface area contributed by atoms with Gasteiger partial charge in [0.15, 0.2) is 5.82 Å². The van der Waals surface area contributed by atoms with Crippen LogP contribution in [0.4, 0.5) is 0 Å². The number of fused-ring (bicyclic) bond motifs is 1. The average Bonchev–Trinajstić information content (AvgIpc) is 2.73. The van der Waals surface area contributed by atoms with Gasteiger partial charge >= 0.3 is 0 Å². The molecule has 1 aromatic heterocycles. The van der Waals surface area contributed by atoms with Crippen molar-refractivity contribution in [3.05, 3.63) is 11.6 Å². The summed E-state index contributed by atoms with van der Waals surface area (Å²) in [6.45, 7) is 1.60. The van der Waals surface area contributed by atoms with E-state index in [9.17, 15) is 0 Å². The number of aryl methyl sites for hydroxylation is 1. The zero-order chi connectivity index (χ0) is 13.1. The molecule has 1 fully saturated rings. The van der Waals surface area contributed by atoms with Crippen molar-refractivity contribution in [3.8, 4) is 0 Å². The SMILES string of the molecule is NC1CCCCCC1OCc1nnc2n1CCCC2. The van der Waals surface area contributed by atoms with Crippen LogP contribution in [0, 0.1) is 0 Å². The quantitative estimate of drug-likeness (QED) is 0.845. The third-order valence-electron chi connectivity index (χ3n) is 4.37. The molecule has 0 saturated heterocycles. The van der Waals surface area contributed by atoms with Crippen LogP contribution in [0.1, 0.15) is 56.6 Å². The van der Waals surface area contributed by atoms with Crippen LogP contribution in [0.25, 0.3) is 0 Å². The van der Waals surface area contributed by atoms with E-state index in [4.69, 9.17) is 10.5 Å². The summed E-state index contributed by atoms with van der Waals surface area (Å²) in [6.07, 6.45) is 9.62. The lowest BCUT2D eigenvalue weighted by atomic mass is 10.1. The molecule has 5 heteroatoms. The molecular weight excluding hydrogens is 240 g/mol. The molecule has 1 saturated carbocycles. The molecule has 1 aliphatic heterocycles. The van der Waals surface area contributed by atoms with Crippen molar-refractivity contribution < 1.29 is 4.74 Å². The normalized spacial score (nSPS) is 27.8. The van der Waals surface area contributed by atoms with Crippen LogP contribution in [0.2, 0.25) is 0 Å². The molecule has 0 bridgehead atoms. The lowest BCUT2D eigenvalue weighted by Crippen LogP contribution is -2.35. The average molecular weight is 264 g/mol. The predicted octanol–water partition coefficient (Wildman–Crippen LogP) is 1.79. The van der Waals surface area contributed by atoms with Gasteiger partial charge in [0.1, 0.15) is 12.4 Å². The van der Waals surface area contributed by atoms with Gasteiger partial charge in [0.05, 0.1) is 6.10 Å². The Morgan fingerprint density at radius 1 is 1.11 bits per heavy atom. The first-order valence-corrected chi connectivity index (χ1v) is 7.63. The standard InChI is InChI=1S/C14H24N4O/c15-11-6-2-1-3-7-12(11)19-10-14-17-16-13-8-4-5-9-18(13)14/h11-12H,1-10,15H2. The van der Waals surface area contributed by atoms with E-state index in [-0.39, 0.29) is 12.1 Å². The number of hydrogen-bond donors (Lipinski definition) is 1. The highest BCUT2D eigenvalue weighted by molar-refractivity contribution is 4.98. The molecule has 2 atom stereocenters. The molecule has 19 heavy (non-hydrogen) atoms. The Labute approximate surface area is 114 Å². The molecule has 0 spiro atoms. The number of nitrogens with zero attached hydrogens (tertiary/aromatic N) is 3. The van der Waals surface area contributed by atoms with Gasteiger partial charge < -0.3 is 15.0 Å². The maximum Gasteiger partial charge on any atom is 0.159 e. The molecule has 0 radical (unpaired) electrons. The van der Waals surface area contributed by atoms with Gasteiger partial charge in [0, 0.05) is 19.0 Å². The molecule has 0 amide bonds. The van der Waals surface area contributed by atoms with Gasteiger partial charge in [-0.2, -0.15) is 0 Å². The van der Waals surface area contributed by atoms with Gasteiger partial charge in [-0.05, 0) is 25.7 Å². The van der Waals surface area contributed by atoms with Gasteiger partial charge in [-0.25, -0.2) is 0 Å². The molecule has 0 aromatic carbocycles. The van der Waals surface area contributed by atoms with E-state index in [2.05, 4.69) is 14.8 Å². The van der Waals surface area contributed by atoms with Gasteiger partial charge in [-0.15, -0.1) is 10.2 Å². The van der Waals surface area contributed by atoms with E-state index >= 15 is 0 Å². The molecule has 1 aliphatic carbocycles. The van der Waals surface area contributed by atoms with Crippen molar-refractivity contribution in [2.45, 2.75) is 76.7 Å². The number of aromatic nitrogens is 3. The first-order valence-electron chi connectivity index (χ1n) is 7.63. The third kappa shape index (κ3) is 2.98. The van der Waals surface area contributed by atoms with Crippen molar-refractivity contribution in [2.24, 2.45) is 5.73 Å². The summed E-state index contributed by atoms with van der Waals surface area (Å²) >= 11 is 0. The summed E-state index contributed by atoms with van der Waals surface area (Å²) in [5.41, 5.74) is 6.19. The highest BCUT2D eigenvalue weighted by Crippen LogP contribution is 2.21. The Hall–Kier alpha value is -0.940. The molecule has 2 N–H and O–H groups in total. The second-order valence-electron chi connectivity index (χ2n) is 5.79. The van der Waals surface area contributed by atoms with E-state index < -0.39 is 0 Å². The van der Waals surface area contributed by atoms with Gasteiger partial charge in [0.2, 0.25) is 0 Å². The Morgan fingerprint density at radius 3 is 2.95 bits per heavy atom. The minimum atomic E-state index is 0.186. The van der Waals surface area contributed by atoms with Crippen molar-refractivity contribution in [2.75, 3.05) is 0 Å². The van der Waals surface area contributed by atoms with Crippen LogP contribution >= 0.6 is 0 Å². The topological polar surface area (TPSA) is 66.0 Å².